The molecule has 1 saturated heterocycles. The van der Waals surface area contributed by atoms with E-state index in [-0.39, 0.29) is 0 Å². The molecule has 0 bridgehead atoms. The quantitative estimate of drug-likeness (QED) is 0.814. The number of rotatable bonds is 5. The summed E-state index contributed by atoms with van der Waals surface area (Å²) in [7, 11) is 0. The van der Waals surface area contributed by atoms with Crippen LogP contribution in [-0.4, -0.2) is 48.3 Å². The van der Waals surface area contributed by atoms with E-state index in [1.165, 1.54) is 51.7 Å². The Bertz CT molecular complexity index is 285. The van der Waals surface area contributed by atoms with Crippen molar-refractivity contribution in [2.75, 3.05) is 32.7 Å². The van der Waals surface area contributed by atoms with Crippen LogP contribution in [-0.2, 0) is 0 Å². The Hall–Kier alpha value is -0.120. The Morgan fingerprint density at radius 3 is 2.45 bits per heavy atom. The Labute approximate surface area is 125 Å². The summed E-state index contributed by atoms with van der Waals surface area (Å²) in [5.74, 6) is 0. The molecule has 3 heteroatoms. The first-order chi connectivity index (χ1) is 9.55. The molecule has 0 spiro atoms. The molecule has 2 aliphatic rings. The molecule has 2 fully saturated rings. The summed E-state index contributed by atoms with van der Waals surface area (Å²) in [5.41, 5.74) is 0.0562. The van der Waals surface area contributed by atoms with Gasteiger partial charge in [0.05, 0.1) is 5.60 Å². The lowest BCUT2D eigenvalue weighted by Gasteiger charge is -2.41. The summed E-state index contributed by atoms with van der Waals surface area (Å²) in [4.78, 5) is 2.63. The third-order valence-electron chi connectivity index (χ3n) is 5.38. The van der Waals surface area contributed by atoms with Crippen molar-refractivity contribution in [2.45, 2.75) is 70.8 Å². The van der Waals surface area contributed by atoms with Gasteiger partial charge in [-0.15, -0.1) is 0 Å². The molecule has 0 amide bonds. The molecule has 0 aromatic carbocycles. The second-order valence-corrected chi connectivity index (χ2v) is 7.47. The lowest BCUT2D eigenvalue weighted by molar-refractivity contribution is 0.0410. The molecule has 0 radical (unpaired) electrons. The van der Waals surface area contributed by atoms with E-state index in [2.05, 4.69) is 17.1 Å². The van der Waals surface area contributed by atoms with Gasteiger partial charge in [0.2, 0.25) is 0 Å². The molecule has 2 rings (SSSR count). The van der Waals surface area contributed by atoms with Gasteiger partial charge < -0.3 is 15.3 Å². The van der Waals surface area contributed by atoms with Crippen LogP contribution in [0.25, 0.3) is 0 Å². The van der Waals surface area contributed by atoms with Gasteiger partial charge in [0, 0.05) is 19.6 Å². The average molecular weight is 282 g/mol. The SMILES string of the molecule is CCNCC1(CN2CCCC(C)(O)CC2)CCCCC1. The average Bonchev–Trinajstić information content (AvgIpc) is 2.59. The largest absolute Gasteiger partial charge is 0.390 e. The van der Waals surface area contributed by atoms with E-state index >= 15 is 0 Å². The molecule has 0 aromatic heterocycles. The van der Waals surface area contributed by atoms with Crippen molar-refractivity contribution in [3.63, 3.8) is 0 Å². The maximum atomic E-state index is 10.2. The first kappa shape index (κ1) is 16.3. The first-order valence-corrected chi connectivity index (χ1v) is 8.71. The van der Waals surface area contributed by atoms with Crippen LogP contribution in [0.15, 0.2) is 0 Å². The second-order valence-electron chi connectivity index (χ2n) is 7.47. The molecular weight excluding hydrogens is 248 g/mol. The van der Waals surface area contributed by atoms with Gasteiger partial charge in [-0.05, 0) is 57.5 Å². The summed E-state index contributed by atoms with van der Waals surface area (Å²) in [6.07, 6.45) is 10.0. The monoisotopic (exact) mass is 282 g/mol. The molecule has 1 heterocycles. The van der Waals surface area contributed by atoms with E-state index in [1.807, 2.05) is 6.92 Å². The summed E-state index contributed by atoms with van der Waals surface area (Å²) >= 11 is 0. The second kappa shape index (κ2) is 7.24. The van der Waals surface area contributed by atoms with Crippen LogP contribution < -0.4 is 5.32 Å². The smallest absolute Gasteiger partial charge is 0.0632 e. The van der Waals surface area contributed by atoms with Crippen LogP contribution in [0.4, 0.5) is 0 Å². The van der Waals surface area contributed by atoms with Gasteiger partial charge in [-0.2, -0.15) is 0 Å². The van der Waals surface area contributed by atoms with Crippen molar-refractivity contribution in [2.24, 2.45) is 5.41 Å². The van der Waals surface area contributed by atoms with Gasteiger partial charge in [-0.1, -0.05) is 26.2 Å². The van der Waals surface area contributed by atoms with Crippen molar-refractivity contribution in [1.82, 2.24) is 10.2 Å². The fourth-order valence-electron chi connectivity index (χ4n) is 4.03. The van der Waals surface area contributed by atoms with Crippen LogP contribution in [0, 0.1) is 5.41 Å². The molecule has 1 atom stereocenters. The minimum atomic E-state index is -0.434. The van der Waals surface area contributed by atoms with Crippen molar-refractivity contribution in [3.8, 4) is 0 Å². The number of hydrogen-bond acceptors (Lipinski definition) is 3. The summed E-state index contributed by atoms with van der Waals surface area (Å²) in [5, 5.41) is 13.8. The predicted octanol–water partition coefficient (Wildman–Crippen LogP) is 2.78. The molecule has 118 valence electrons. The van der Waals surface area contributed by atoms with Crippen molar-refractivity contribution in [1.29, 1.82) is 0 Å². The van der Waals surface area contributed by atoms with E-state index in [0.717, 1.165) is 32.4 Å². The highest BCUT2D eigenvalue weighted by molar-refractivity contribution is 4.89. The standard InChI is InChI=1S/C17H34N2O/c1-3-18-14-17(9-5-4-6-10-17)15-19-12-7-8-16(2,20)11-13-19/h18,20H,3-15H2,1-2H3. The molecule has 0 aromatic rings. The van der Waals surface area contributed by atoms with Crippen molar-refractivity contribution in [3.05, 3.63) is 0 Å². The molecule has 3 nitrogen and oxygen atoms in total. The summed E-state index contributed by atoms with van der Waals surface area (Å²) in [6, 6.07) is 0. The molecular formula is C17H34N2O. The van der Waals surface area contributed by atoms with E-state index in [1.54, 1.807) is 0 Å². The maximum absolute atomic E-state index is 10.2. The minimum Gasteiger partial charge on any atom is -0.390 e. The highest BCUT2D eigenvalue weighted by Crippen LogP contribution is 2.37. The van der Waals surface area contributed by atoms with Crippen LogP contribution in [0.1, 0.15) is 65.2 Å². The van der Waals surface area contributed by atoms with Crippen molar-refractivity contribution < 1.29 is 5.11 Å². The Balaban J connectivity index is 1.93. The lowest BCUT2D eigenvalue weighted by Crippen LogP contribution is -2.46. The van der Waals surface area contributed by atoms with Gasteiger partial charge in [0.25, 0.3) is 0 Å². The number of nitrogens with zero attached hydrogens (tertiary/aromatic N) is 1. The minimum absolute atomic E-state index is 0.434. The van der Waals surface area contributed by atoms with Gasteiger partial charge >= 0.3 is 0 Å². The highest BCUT2D eigenvalue weighted by atomic mass is 16.3. The normalized spacial score (nSPS) is 31.9. The lowest BCUT2D eigenvalue weighted by atomic mass is 9.73. The van der Waals surface area contributed by atoms with E-state index in [4.69, 9.17) is 0 Å². The Morgan fingerprint density at radius 1 is 1.00 bits per heavy atom. The Morgan fingerprint density at radius 2 is 1.75 bits per heavy atom. The van der Waals surface area contributed by atoms with Gasteiger partial charge in [0.15, 0.2) is 0 Å². The molecule has 1 unspecified atom stereocenters. The Kier molecular flexibility index (Phi) is 5.88. The van der Waals surface area contributed by atoms with Crippen LogP contribution >= 0.6 is 0 Å². The topological polar surface area (TPSA) is 35.5 Å². The third kappa shape index (κ3) is 4.71. The molecule has 1 aliphatic carbocycles. The highest BCUT2D eigenvalue weighted by Gasteiger charge is 2.35. The molecule has 2 N–H and O–H groups in total. The summed E-state index contributed by atoms with van der Waals surface area (Å²) in [6.45, 7) is 9.94. The van der Waals surface area contributed by atoms with Gasteiger partial charge in [-0.3, -0.25) is 0 Å². The molecule has 1 saturated carbocycles. The molecule has 1 aliphatic heterocycles. The van der Waals surface area contributed by atoms with E-state index < -0.39 is 5.60 Å². The zero-order valence-electron chi connectivity index (χ0n) is 13.6. The van der Waals surface area contributed by atoms with Crippen LogP contribution in [0.5, 0.6) is 0 Å². The first-order valence-electron chi connectivity index (χ1n) is 8.71. The number of hydrogen-bond donors (Lipinski definition) is 2. The zero-order valence-corrected chi connectivity index (χ0v) is 13.6. The van der Waals surface area contributed by atoms with Gasteiger partial charge in [-0.25, -0.2) is 0 Å². The van der Waals surface area contributed by atoms with Crippen LogP contribution in [0.2, 0.25) is 0 Å². The number of aliphatic hydroxyl groups is 1. The summed E-state index contributed by atoms with van der Waals surface area (Å²) < 4.78 is 0. The number of likely N-dealkylation sites (tertiary alicyclic amines) is 1. The predicted molar refractivity (Wildman–Crippen MR) is 85.0 cm³/mol. The van der Waals surface area contributed by atoms with Crippen molar-refractivity contribution >= 4 is 0 Å². The maximum Gasteiger partial charge on any atom is 0.0632 e. The fourth-order valence-corrected chi connectivity index (χ4v) is 4.03. The number of nitrogens with one attached hydrogen (secondary N) is 1. The van der Waals surface area contributed by atoms with E-state index in [0.29, 0.717) is 5.41 Å². The molecule has 20 heavy (non-hydrogen) atoms. The van der Waals surface area contributed by atoms with Gasteiger partial charge in [0.1, 0.15) is 0 Å². The zero-order chi connectivity index (χ0) is 14.5. The van der Waals surface area contributed by atoms with Crippen LogP contribution in [0.3, 0.4) is 0 Å². The fraction of sp³-hybridized carbons (Fsp3) is 1.00. The third-order valence-corrected chi connectivity index (χ3v) is 5.38. The van der Waals surface area contributed by atoms with E-state index in [9.17, 15) is 5.11 Å².